The van der Waals surface area contributed by atoms with Gasteiger partial charge in [-0.3, -0.25) is 9.35 Å². The lowest BCUT2D eigenvalue weighted by molar-refractivity contribution is -0.152. The third-order valence-electron chi connectivity index (χ3n) is 10.8. The Morgan fingerprint density at radius 1 is 0.707 bits per heavy atom. The number of carboxylic acids is 1. The van der Waals surface area contributed by atoms with Crippen LogP contribution in [-0.2, 0) is 14.9 Å². The molecule has 0 saturated heterocycles. The van der Waals surface area contributed by atoms with E-state index in [0.29, 0.717) is 30.6 Å². The monoisotopic (exact) mass is 601 g/mol. The lowest BCUT2D eigenvalue weighted by Gasteiger charge is -2.60. The van der Waals surface area contributed by atoms with Crippen molar-refractivity contribution < 1.29 is 22.9 Å². The molecule has 6 nitrogen and oxygen atoms in total. The van der Waals surface area contributed by atoms with E-state index in [1.54, 1.807) is 13.8 Å². The van der Waals surface area contributed by atoms with E-state index < -0.39 is 31.7 Å². The maximum absolute atomic E-state index is 12.5. The van der Waals surface area contributed by atoms with Crippen LogP contribution in [0.5, 0.6) is 0 Å². The number of carboxylic acid groups (broad SMARTS) is 1. The van der Waals surface area contributed by atoms with Crippen LogP contribution in [0, 0.1) is 56.7 Å². The lowest BCUT2D eigenvalue weighted by atomic mass is 9.45. The van der Waals surface area contributed by atoms with Crippen LogP contribution in [0.4, 0.5) is 0 Å². The van der Waals surface area contributed by atoms with Crippen molar-refractivity contribution in [3.05, 3.63) is 0 Å². The van der Waals surface area contributed by atoms with E-state index in [2.05, 4.69) is 76.2 Å². The SMILES string of the molecule is CC(C)CC(C)(C)C1CC(C(C)(C)CC(C)(C)S(=O)(=O)O)C(C(C)(C)CC(C)(C)C(=O)O)CC1C(C)(C)CC(C)N. The van der Waals surface area contributed by atoms with E-state index in [1.807, 2.05) is 13.8 Å². The lowest BCUT2D eigenvalue weighted by Crippen LogP contribution is -2.54. The van der Waals surface area contributed by atoms with Crippen LogP contribution in [0.15, 0.2) is 0 Å². The summed E-state index contributed by atoms with van der Waals surface area (Å²) in [7, 11) is -4.26. The summed E-state index contributed by atoms with van der Waals surface area (Å²) < 4.78 is 33.8. The molecule has 4 N–H and O–H groups in total. The van der Waals surface area contributed by atoms with Gasteiger partial charge in [0.25, 0.3) is 10.1 Å². The fraction of sp³-hybridized carbons (Fsp3) is 0.971. The van der Waals surface area contributed by atoms with E-state index in [9.17, 15) is 22.9 Å². The molecule has 0 aromatic carbocycles. The highest BCUT2D eigenvalue weighted by atomic mass is 32.2. The molecular formula is C34H67NO5S. The van der Waals surface area contributed by atoms with Gasteiger partial charge in [-0.05, 0) is 124 Å². The maximum atomic E-state index is 12.5. The van der Waals surface area contributed by atoms with Crippen molar-refractivity contribution in [1.29, 1.82) is 0 Å². The molecule has 0 radical (unpaired) electrons. The van der Waals surface area contributed by atoms with Crippen LogP contribution < -0.4 is 5.73 Å². The molecule has 244 valence electrons. The normalized spacial score (nSPS) is 24.9. The number of carbonyl (C=O) groups is 1. The molecular weight excluding hydrogens is 534 g/mol. The summed E-state index contributed by atoms with van der Waals surface area (Å²) in [5.41, 5.74) is 4.82. The Kier molecular flexibility index (Phi) is 11.6. The van der Waals surface area contributed by atoms with Crippen LogP contribution in [0.25, 0.3) is 0 Å². The van der Waals surface area contributed by atoms with Gasteiger partial charge in [0.05, 0.1) is 10.2 Å². The molecule has 0 aromatic heterocycles. The first-order valence-electron chi connectivity index (χ1n) is 15.9. The molecule has 1 aliphatic rings. The Morgan fingerprint density at radius 3 is 1.37 bits per heavy atom. The maximum Gasteiger partial charge on any atom is 0.309 e. The van der Waals surface area contributed by atoms with Gasteiger partial charge >= 0.3 is 5.97 Å². The van der Waals surface area contributed by atoms with Gasteiger partial charge < -0.3 is 10.8 Å². The first kappa shape index (κ1) is 38.4. The summed E-state index contributed by atoms with van der Waals surface area (Å²) in [4.78, 5) is 12.3. The molecule has 0 aromatic rings. The quantitative estimate of drug-likeness (QED) is 0.171. The van der Waals surface area contributed by atoms with Gasteiger partial charge in [-0.1, -0.05) is 69.2 Å². The van der Waals surface area contributed by atoms with E-state index in [1.165, 1.54) is 0 Å². The molecule has 5 atom stereocenters. The Bertz CT molecular complexity index is 1000. The van der Waals surface area contributed by atoms with Crippen LogP contribution in [0.1, 0.15) is 142 Å². The highest BCUT2D eigenvalue weighted by molar-refractivity contribution is 7.87. The Labute approximate surface area is 254 Å². The van der Waals surface area contributed by atoms with Crippen molar-refractivity contribution in [3.63, 3.8) is 0 Å². The first-order valence-corrected chi connectivity index (χ1v) is 17.3. The minimum absolute atomic E-state index is 0.0213. The molecule has 7 heteroatoms. The van der Waals surface area contributed by atoms with Crippen molar-refractivity contribution in [1.82, 2.24) is 0 Å². The predicted octanol–water partition coefficient (Wildman–Crippen LogP) is 8.69. The molecule has 0 amide bonds. The Morgan fingerprint density at radius 2 is 1.05 bits per heavy atom. The average Bonchev–Trinajstić information content (AvgIpc) is 2.68. The standard InChI is InChI=1S/C34H67NO5S/c1-22(2)18-29(4,5)24-16-27(32(10,11)21-34(14,15)41(38,39)40)26(17-25(24)30(6,7)19-23(3)35)31(8,9)20-33(12,13)28(36)37/h22-27H,16-21,35H2,1-15H3,(H,36,37)(H,38,39,40). The van der Waals surface area contributed by atoms with Crippen LogP contribution in [-0.4, -0.2) is 34.8 Å². The van der Waals surface area contributed by atoms with Gasteiger partial charge in [-0.2, -0.15) is 8.42 Å². The van der Waals surface area contributed by atoms with Crippen LogP contribution in [0.3, 0.4) is 0 Å². The third kappa shape index (κ3) is 9.41. The summed E-state index contributed by atoms with van der Waals surface area (Å²) in [6.07, 6.45) is 4.71. The van der Waals surface area contributed by atoms with Gasteiger partial charge in [0, 0.05) is 6.04 Å². The molecule has 0 spiro atoms. The number of nitrogens with two attached hydrogens (primary N) is 1. The minimum atomic E-state index is -4.26. The fourth-order valence-corrected chi connectivity index (χ4v) is 10.1. The number of rotatable bonds is 14. The first-order chi connectivity index (χ1) is 17.9. The second-order valence-electron chi connectivity index (χ2n) is 18.4. The number of hydrogen-bond donors (Lipinski definition) is 3. The molecule has 5 unspecified atom stereocenters. The van der Waals surface area contributed by atoms with Gasteiger partial charge in [-0.25, -0.2) is 0 Å². The molecule has 1 aliphatic carbocycles. The fourth-order valence-electron chi connectivity index (χ4n) is 9.51. The second-order valence-corrected chi connectivity index (χ2v) is 20.5. The summed E-state index contributed by atoms with van der Waals surface area (Å²) >= 11 is 0. The van der Waals surface area contributed by atoms with Crippen molar-refractivity contribution in [2.75, 3.05) is 0 Å². The van der Waals surface area contributed by atoms with Crippen molar-refractivity contribution >= 4 is 16.1 Å². The van der Waals surface area contributed by atoms with Crippen molar-refractivity contribution in [2.24, 2.45) is 62.4 Å². The number of hydrogen-bond acceptors (Lipinski definition) is 4. The van der Waals surface area contributed by atoms with E-state index in [0.717, 1.165) is 25.7 Å². The van der Waals surface area contributed by atoms with Crippen LogP contribution in [0.2, 0.25) is 0 Å². The van der Waals surface area contributed by atoms with Crippen LogP contribution >= 0.6 is 0 Å². The summed E-state index contributed by atoms with van der Waals surface area (Å²) in [6, 6.07) is 0.0704. The van der Waals surface area contributed by atoms with Gasteiger partial charge in [0.2, 0.25) is 0 Å². The van der Waals surface area contributed by atoms with Crippen molar-refractivity contribution in [2.45, 2.75) is 153 Å². The molecule has 0 bridgehead atoms. The van der Waals surface area contributed by atoms with E-state index in [-0.39, 0.29) is 34.1 Å². The Balaban J connectivity index is 3.91. The number of aliphatic carboxylic acids is 1. The predicted molar refractivity (Wildman–Crippen MR) is 172 cm³/mol. The molecule has 1 fully saturated rings. The Hall–Kier alpha value is -0.660. The van der Waals surface area contributed by atoms with E-state index in [4.69, 9.17) is 5.73 Å². The smallest absolute Gasteiger partial charge is 0.309 e. The largest absolute Gasteiger partial charge is 0.481 e. The summed E-state index contributed by atoms with van der Waals surface area (Å²) in [6.45, 7) is 31.8. The minimum Gasteiger partial charge on any atom is -0.481 e. The van der Waals surface area contributed by atoms with Gasteiger partial charge in [0.15, 0.2) is 0 Å². The zero-order chi connectivity index (χ0) is 32.8. The highest BCUT2D eigenvalue weighted by Crippen LogP contribution is 2.63. The highest BCUT2D eigenvalue weighted by Gasteiger charge is 2.57. The topological polar surface area (TPSA) is 118 Å². The van der Waals surface area contributed by atoms with Crippen molar-refractivity contribution in [3.8, 4) is 0 Å². The zero-order valence-corrected chi connectivity index (χ0v) is 30.1. The molecule has 1 rings (SSSR count). The van der Waals surface area contributed by atoms with Gasteiger partial charge in [0.1, 0.15) is 0 Å². The average molecular weight is 602 g/mol. The summed E-state index contributed by atoms with van der Waals surface area (Å²) in [5.74, 6) is 0.809. The van der Waals surface area contributed by atoms with E-state index >= 15 is 0 Å². The zero-order valence-electron chi connectivity index (χ0n) is 29.3. The molecule has 1 saturated carbocycles. The molecule has 41 heavy (non-hydrogen) atoms. The summed E-state index contributed by atoms with van der Waals surface area (Å²) in [5, 5.41) is 10.1. The third-order valence-corrected chi connectivity index (χ3v) is 12.4. The van der Waals surface area contributed by atoms with Gasteiger partial charge in [-0.15, -0.1) is 0 Å². The molecule has 0 heterocycles. The molecule has 0 aliphatic heterocycles. The second kappa shape index (κ2) is 12.4.